The first-order valence-corrected chi connectivity index (χ1v) is 9.73. The summed E-state index contributed by atoms with van der Waals surface area (Å²) in [6.45, 7) is 1.70. The molecule has 3 aromatic rings. The number of benzene rings is 2. The van der Waals surface area contributed by atoms with Crippen molar-refractivity contribution in [3.63, 3.8) is 0 Å². The average Bonchev–Trinajstić information content (AvgIpc) is 3.20. The predicted octanol–water partition coefficient (Wildman–Crippen LogP) is 3.10. The molecule has 1 aromatic heterocycles. The van der Waals surface area contributed by atoms with E-state index in [4.69, 9.17) is 11.6 Å². The van der Waals surface area contributed by atoms with Crippen molar-refractivity contribution in [1.82, 2.24) is 9.78 Å². The third kappa shape index (κ3) is 3.62. The van der Waals surface area contributed by atoms with Gasteiger partial charge in [0.25, 0.3) is 5.91 Å². The van der Waals surface area contributed by atoms with E-state index in [2.05, 4.69) is 15.7 Å². The van der Waals surface area contributed by atoms with Crippen LogP contribution < -0.4 is 10.6 Å². The number of aldehydes is 1. The Kier molecular flexibility index (Phi) is 5.16. The van der Waals surface area contributed by atoms with Crippen LogP contribution in [-0.2, 0) is 16.6 Å². The summed E-state index contributed by atoms with van der Waals surface area (Å²) in [5.41, 5.74) is 2.86. The normalized spacial score (nSPS) is 14.7. The summed E-state index contributed by atoms with van der Waals surface area (Å²) < 4.78 is 1.40. The number of carbonyl (C=O) groups is 4. The average molecular weight is 437 g/mol. The molecule has 31 heavy (non-hydrogen) atoms. The van der Waals surface area contributed by atoms with Gasteiger partial charge in [-0.2, -0.15) is 5.10 Å². The zero-order valence-corrected chi connectivity index (χ0v) is 17.4. The molecule has 8 nitrogen and oxygen atoms in total. The summed E-state index contributed by atoms with van der Waals surface area (Å²) in [7, 11) is 1.62. The van der Waals surface area contributed by atoms with E-state index in [0.717, 1.165) is 0 Å². The molecule has 1 atom stereocenters. The van der Waals surface area contributed by atoms with Crippen LogP contribution in [0.1, 0.15) is 43.6 Å². The lowest BCUT2D eigenvalue weighted by atomic mass is 9.97. The van der Waals surface area contributed by atoms with Gasteiger partial charge in [0, 0.05) is 29.5 Å². The molecule has 0 bridgehead atoms. The molecule has 1 aliphatic rings. The SMILES string of the molecule is Cc1nn(C)c(C(=O)Nc2cccc(C(=O)c3ccc4c(c3)NC(=O)C4C=O)c2)c1Cl. The van der Waals surface area contributed by atoms with Crippen LogP contribution >= 0.6 is 11.6 Å². The van der Waals surface area contributed by atoms with Crippen LogP contribution in [0, 0.1) is 6.92 Å². The molecule has 156 valence electrons. The van der Waals surface area contributed by atoms with Gasteiger partial charge in [0.2, 0.25) is 5.91 Å². The molecular formula is C22H17ClN4O4. The van der Waals surface area contributed by atoms with E-state index in [1.807, 2.05) is 0 Å². The standard InChI is InChI=1S/C22H17ClN4O4/c1-11-18(23)19(27(2)26-11)22(31)24-14-5-3-4-12(8-14)20(29)13-6-7-15-16(10-28)21(30)25-17(15)9-13/h3-10,16H,1-2H3,(H,24,31)(H,25,30). The fraction of sp³-hybridized carbons (Fsp3) is 0.136. The van der Waals surface area contributed by atoms with Crippen molar-refractivity contribution >= 4 is 46.9 Å². The van der Waals surface area contributed by atoms with E-state index in [0.29, 0.717) is 40.0 Å². The second kappa shape index (κ2) is 7.81. The second-order valence-corrected chi connectivity index (χ2v) is 7.52. The number of aryl methyl sites for hydroxylation is 2. The van der Waals surface area contributed by atoms with Gasteiger partial charge in [0.15, 0.2) is 5.78 Å². The van der Waals surface area contributed by atoms with E-state index in [1.54, 1.807) is 56.4 Å². The number of carbonyl (C=O) groups excluding carboxylic acids is 4. The molecule has 2 amide bonds. The first kappa shape index (κ1) is 20.5. The highest BCUT2D eigenvalue weighted by Gasteiger charge is 2.30. The number of halogens is 1. The van der Waals surface area contributed by atoms with Gasteiger partial charge in [0.1, 0.15) is 17.9 Å². The Hall–Kier alpha value is -3.78. The number of nitrogens with zero attached hydrogens (tertiary/aromatic N) is 2. The summed E-state index contributed by atoms with van der Waals surface area (Å²) in [4.78, 5) is 48.6. The Labute approximate surface area is 182 Å². The fourth-order valence-electron chi connectivity index (χ4n) is 3.54. The van der Waals surface area contributed by atoms with E-state index < -0.39 is 17.7 Å². The lowest BCUT2D eigenvalue weighted by Crippen LogP contribution is -2.17. The fourth-order valence-corrected chi connectivity index (χ4v) is 3.78. The molecule has 9 heteroatoms. The Morgan fingerprint density at radius 2 is 1.94 bits per heavy atom. The van der Waals surface area contributed by atoms with Gasteiger partial charge in [-0.3, -0.25) is 19.1 Å². The van der Waals surface area contributed by atoms with Crippen molar-refractivity contribution in [1.29, 1.82) is 0 Å². The number of nitrogens with one attached hydrogen (secondary N) is 2. The Bertz CT molecular complexity index is 1260. The van der Waals surface area contributed by atoms with Crippen LogP contribution in [0.3, 0.4) is 0 Å². The van der Waals surface area contributed by atoms with Crippen LogP contribution in [0.25, 0.3) is 0 Å². The van der Waals surface area contributed by atoms with Crippen molar-refractivity contribution in [2.45, 2.75) is 12.8 Å². The molecule has 0 saturated heterocycles. The Morgan fingerprint density at radius 1 is 1.19 bits per heavy atom. The van der Waals surface area contributed by atoms with Crippen molar-refractivity contribution in [2.24, 2.45) is 7.05 Å². The first-order valence-electron chi connectivity index (χ1n) is 9.35. The maximum Gasteiger partial charge on any atom is 0.275 e. The van der Waals surface area contributed by atoms with E-state index in [1.165, 1.54) is 4.68 Å². The van der Waals surface area contributed by atoms with Crippen molar-refractivity contribution in [3.05, 3.63) is 75.6 Å². The molecule has 0 saturated carbocycles. The van der Waals surface area contributed by atoms with Crippen LogP contribution in [0.2, 0.25) is 5.02 Å². The van der Waals surface area contributed by atoms with Crippen LogP contribution in [0.4, 0.5) is 11.4 Å². The maximum atomic E-state index is 13.0. The van der Waals surface area contributed by atoms with Gasteiger partial charge in [-0.15, -0.1) is 0 Å². The molecule has 2 N–H and O–H groups in total. The zero-order chi connectivity index (χ0) is 22.3. The van der Waals surface area contributed by atoms with E-state index in [-0.39, 0.29) is 16.5 Å². The minimum absolute atomic E-state index is 0.218. The molecule has 0 spiro atoms. The van der Waals surface area contributed by atoms with E-state index in [9.17, 15) is 19.2 Å². The lowest BCUT2D eigenvalue weighted by Gasteiger charge is -2.09. The number of amides is 2. The molecule has 1 unspecified atom stereocenters. The number of anilines is 2. The minimum atomic E-state index is -0.861. The number of hydrogen-bond donors (Lipinski definition) is 2. The first-order chi connectivity index (χ1) is 14.8. The van der Waals surface area contributed by atoms with Gasteiger partial charge in [0.05, 0.1) is 10.7 Å². The van der Waals surface area contributed by atoms with Gasteiger partial charge in [-0.05, 0) is 30.7 Å². The molecule has 0 fully saturated rings. The molecule has 0 aliphatic carbocycles. The molecule has 2 heterocycles. The Morgan fingerprint density at radius 3 is 2.61 bits per heavy atom. The quantitative estimate of drug-likeness (QED) is 0.363. The van der Waals surface area contributed by atoms with Gasteiger partial charge < -0.3 is 15.4 Å². The number of hydrogen-bond acceptors (Lipinski definition) is 5. The monoisotopic (exact) mass is 436 g/mol. The molecule has 4 rings (SSSR count). The van der Waals surface area contributed by atoms with Crippen LogP contribution in [0.15, 0.2) is 42.5 Å². The molecule has 0 radical (unpaired) electrons. The van der Waals surface area contributed by atoms with Crippen molar-refractivity contribution in [3.8, 4) is 0 Å². The number of rotatable bonds is 5. The number of fused-ring (bicyclic) bond motifs is 1. The molecular weight excluding hydrogens is 420 g/mol. The highest BCUT2D eigenvalue weighted by atomic mass is 35.5. The van der Waals surface area contributed by atoms with Crippen molar-refractivity contribution < 1.29 is 19.2 Å². The maximum absolute atomic E-state index is 13.0. The molecule has 1 aliphatic heterocycles. The van der Waals surface area contributed by atoms with Gasteiger partial charge in [-0.1, -0.05) is 35.9 Å². The summed E-state index contributed by atoms with van der Waals surface area (Å²) in [5.74, 6) is -2.02. The van der Waals surface area contributed by atoms with E-state index >= 15 is 0 Å². The summed E-state index contributed by atoms with van der Waals surface area (Å²) in [5, 5.41) is 9.73. The third-order valence-corrected chi connectivity index (χ3v) is 5.53. The Balaban J connectivity index is 1.58. The third-order valence-electron chi connectivity index (χ3n) is 5.07. The highest BCUT2D eigenvalue weighted by Crippen LogP contribution is 2.32. The smallest absolute Gasteiger partial charge is 0.275 e. The summed E-state index contributed by atoms with van der Waals surface area (Å²) >= 11 is 6.16. The molecule has 2 aromatic carbocycles. The highest BCUT2D eigenvalue weighted by molar-refractivity contribution is 6.34. The predicted molar refractivity (Wildman–Crippen MR) is 115 cm³/mol. The van der Waals surface area contributed by atoms with Crippen LogP contribution in [-0.4, -0.2) is 33.7 Å². The van der Waals surface area contributed by atoms with Crippen LogP contribution in [0.5, 0.6) is 0 Å². The van der Waals surface area contributed by atoms with Crippen molar-refractivity contribution in [2.75, 3.05) is 10.6 Å². The zero-order valence-electron chi connectivity index (χ0n) is 16.6. The largest absolute Gasteiger partial charge is 0.325 e. The van der Waals surface area contributed by atoms with Gasteiger partial charge >= 0.3 is 0 Å². The van der Waals surface area contributed by atoms with Gasteiger partial charge in [-0.25, -0.2) is 0 Å². The lowest BCUT2D eigenvalue weighted by molar-refractivity contribution is -0.121. The second-order valence-electron chi connectivity index (χ2n) is 7.14. The summed E-state index contributed by atoms with van der Waals surface area (Å²) in [6.07, 6.45) is 0.574. The number of ketones is 1. The topological polar surface area (TPSA) is 110 Å². The number of aromatic nitrogens is 2. The summed E-state index contributed by atoms with van der Waals surface area (Å²) in [6, 6.07) is 11.2. The minimum Gasteiger partial charge on any atom is -0.325 e.